The van der Waals surface area contributed by atoms with Gasteiger partial charge in [0.2, 0.25) is 0 Å². The molecule has 1 saturated heterocycles. The molecule has 1 fully saturated rings. The second-order valence-electron chi connectivity index (χ2n) is 6.94. The molecule has 0 atom stereocenters. The molecule has 4 rings (SSSR count). The average Bonchev–Trinajstić information content (AvgIpc) is 3.19. The Morgan fingerprint density at radius 1 is 1.00 bits per heavy atom. The summed E-state index contributed by atoms with van der Waals surface area (Å²) in [5.41, 5.74) is 0.840. The maximum absolute atomic E-state index is 14.2. The van der Waals surface area contributed by atoms with E-state index in [1.807, 2.05) is 0 Å². The lowest BCUT2D eigenvalue weighted by molar-refractivity contribution is -0.127. The molecule has 2 amide bonds. The maximum Gasteiger partial charge on any atom is 0.295 e. The zero-order chi connectivity index (χ0) is 21.4. The van der Waals surface area contributed by atoms with Crippen molar-refractivity contribution in [2.24, 2.45) is 0 Å². The third-order valence-corrected chi connectivity index (χ3v) is 5.76. The third-order valence-electron chi connectivity index (χ3n) is 5.14. The Balaban J connectivity index is 1.46. The number of nitrogens with zero attached hydrogens (tertiary/aromatic N) is 2. The van der Waals surface area contributed by atoms with Gasteiger partial charge in [0.05, 0.1) is 11.1 Å². The summed E-state index contributed by atoms with van der Waals surface area (Å²) in [5.74, 6) is -2.30. The Bertz CT molecular complexity index is 1170. The van der Waals surface area contributed by atoms with E-state index in [4.69, 9.17) is 11.6 Å². The number of hydrogen-bond acceptors (Lipinski definition) is 4. The molecule has 0 saturated carbocycles. The largest absolute Gasteiger partial charge is 0.360 e. The fraction of sp³-hybridized carbons (Fsp3) is 0.190. The maximum atomic E-state index is 14.2. The Hall–Kier alpha value is -2.84. The van der Waals surface area contributed by atoms with Crippen molar-refractivity contribution in [3.8, 4) is 0 Å². The predicted molar refractivity (Wildman–Crippen MR) is 114 cm³/mol. The number of aromatic nitrogens is 1. The minimum atomic E-state index is -0.779. The van der Waals surface area contributed by atoms with Crippen LogP contribution in [0.3, 0.4) is 0 Å². The number of thiol groups is 1. The van der Waals surface area contributed by atoms with Crippen molar-refractivity contribution in [2.45, 2.75) is 4.90 Å². The molecule has 30 heavy (non-hydrogen) atoms. The van der Waals surface area contributed by atoms with Crippen LogP contribution in [0.25, 0.3) is 10.9 Å². The SMILES string of the molecule is O=C(C(=O)N1CCN(C(=O)c2cc(Cl)ccc2S)CC1)c1c[nH]c2cccc(F)c12. The number of amides is 2. The molecular formula is C21H17ClFN3O3S. The molecule has 1 N–H and O–H groups in total. The molecule has 1 aromatic heterocycles. The molecule has 0 spiro atoms. The van der Waals surface area contributed by atoms with E-state index >= 15 is 0 Å². The fourth-order valence-corrected chi connectivity index (χ4v) is 3.95. The summed E-state index contributed by atoms with van der Waals surface area (Å²) in [6.07, 6.45) is 1.35. The molecule has 154 valence electrons. The highest BCUT2D eigenvalue weighted by Crippen LogP contribution is 2.24. The first-order valence-electron chi connectivity index (χ1n) is 9.24. The van der Waals surface area contributed by atoms with Gasteiger partial charge in [-0.3, -0.25) is 14.4 Å². The zero-order valence-electron chi connectivity index (χ0n) is 15.7. The number of fused-ring (bicyclic) bond motifs is 1. The summed E-state index contributed by atoms with van der Waals surface area (Å²) < 4.78 is 14.2. The van der Waals surface area contributed by atoms with Crippen LogP contribution in [0.15, 0.2) is 47.5 Å². The van der Waals surface area contributed by atoms with E-state index in [2.05, 4.69) is 17.6 Å². The van der Waals surface area contributed by atoms with Gasteiger partial charge in [0.15, 0.2) is 0 Å². The first kappa shape index (κ1) is 20.4. The first-order valence-corrected chi connectivity index (χ1v) is 10.1. The van der Waals surface area contributed by atoms with Crippen LogP contribution in [0.1, 0.15) is 20.7 Å². The minimum absolute atomic E-state index is 0.00486. The van der Waals surface area contributed by atoms with Crippen LogP contribution in [-0.2, 0) is 4.79 Å². The van der Waals surface area contributed by atoms with Gasteiger partial charge in [-0.15, -0.1) is 12.6 Å². The van der Waals surface area contributed by atoms with Crippen LogP contribution in [0.5, 0.6) is 0 Å². The number of nitrogens with one attached hydrogen (secondary N) is 1. The van der Waals surface area contributed by atoms with Gasteiger partial charge >= 0.3 is 0 Å². The third kappa shape index (κ3) is 3.68. The monoisotopic (exact) mass is 445 g/mol. The van der Waals surface area contributed by atoms with Crippen molar-refractivity contribution in [3.05, 3.63) is 64.6 Å². The Labute approximate surface area is 182 Å². The number of H-pyrrole nitrogens is 1. The minimum Gasteiger partial charge on any atom is -0.360 e. The van der Waals surface area contributed by atoms with Gasteiger partial charge in [-0.2, -0.15) is 0 Å². The van der Waals surface area contributed by atoms with Crippen molar-refractivity contribution in [2.75, 3.05) is 26.2 Å². The van der Waals surface area contributed by atoms with Gasteiger partial charge in [0.25, 0.3) is 17.6 Å². The second-order valence-corrected chi connectivity index (χ2v) is 7.86. The summed E-state index contributed by atoms with van der Waals surface area (Å²) in [5, 5.41) is 0.536. The standard InChI is InChI=1S/C21H17ClFN3O3S/c22-12-4-5-17(30)13(10-12)20(28)25-6-8-26(9-7-25)21(29)19(27)14-11-24-16-3-1-2-15(23)18(14)16/h1-5,10-11,24,30H,6-9H2. The lowest BCUT2D eigenvalue weighted by atomic mass is 10.1. The summed E-state index contributed by atoms with van der Waals surface area (Å²) in [6, 6.07) is 9.26. The first-order chi connectivity index (χ1) is 14.4. The Morgan fingerprint density at radius 2 is 1.70 bits per heavy atom. The van der Waals surface area contributed by atoms with E-state index in [1.54, 1.807) is 29.2 Å². The quantitative estimate of drug-likeness (QED) is 0.368. The van der Waals surface area contributed by atoms with E-state index in [-0.39, 0.29) is 43.0 Å². The van der Waals surface area contributed by atoms with Crippen LogP contribution in [0.4, 0.5) is 4.39 Å². The van der Waals surface area contributed by atoms with Gasteiger partial charge in [-0.1, -0.05) is 17.7 Å². The lowest BCUT2D eigenvalue weighted by Crippen LogP contribution is -2.52. The van der Waals surface area contributed by atoms with Crippen molar-refractivity contribution in [1.29, 1.82) is 0 Å². The number of aromatic amines is 1. The molecule has 3 aromatic rings. The van der Waals surface area contributed by atoms with E-state index in [0.29, 0.717) is 21.0 Å². The number of hydrogen-bond donors (Lipinski definition) is 2. The zero-order valence-corrected chi connectivity index (χ0v) is 17.3. The highest BCUT2D eigenvalue weighted by Gasteiger charge is 2.31. The molecule has 0 unspecified atom stereocenters. The number of Topliss-reactive ketones (excluding diaryl/α,β-unsaturated/α-hetero) is 1. The highest BCUT2D eigenvalue weighted by atomic mass is 35.5. The molecule has 2 heterocycles. The normalized spacial score (nSPS) is 14.2. The van der Waals surface area contributed by atoms with E-state index < -0.39 is 17.5 Å². The fourth-order valence-electron chi connectivity index (χ4n) is 3.54. The Morgan fingerprint density at radius 3 is 2.43 bits per heavy atom. The van der Waals surface area contributed by atoms with Crippen LogP contribution in [-0.4, -0.2) is 58.6 Å². The van der Waals surface area contributed by atoms with Gasteiger partial charge in [-0.05, 0) is 30.3 Å². The Kier molecular flexibility index (Phi) is 5.53. The van der Waals surface area contributed by atoms with E-state index in [9.17, 15) is 18.8 Å². The predicted octanol–water partition coefficient (Wildman–Crippen LogP) is 3.42. The summed E-state index contributed by atoms with van der Waals surface area (Å²) in [4.78, 5) is 44.5. The lowest BCUT2D eigenvalue weighted by Gasteiger charge is -2.34. The topological polar surface area (TPSA) is 73.5 Å². The highest BCUT2D eigenvalue weighted by molar-refractivity contribution is 7.80. The van der Waals surface area contributed by atoms with Gasteiger partial charge in [0, 0.05) is 53.2 Å². The van der Waals surface area contributed by atoms with E-state index in [1.165, 1.54) is 23.2 Å². The number of rotatable bonds is 3. The molecular weight excluding hydrogens is 429 g/mol. The van der Waals surface area contributed by atoms with Crippen molar-refractivity contribution in [1.82, 2.24) is 14.8 Å². The van der Waals surface area contributed by atoms with Crippen molar-refractivity contribution < 1.29 is 18.8 Å². The molecule has 0 aliphatic carbocycles. The molecule has 2 aromatic carbocycles. The van der Waals surface area contributed by atoms with Gasteiger partial charge in [-0.25, -0.2) is 4.39 Å². The molecule has 0 radical (unpaired) electrons. The second kappa shape index (κ2) is 8.12. The average molecular weight is 446 g/mol. The molecule has 1 aliphatic heterocycles. The van der Waals surface area contributed by atoms with Gasteiger partial charge in [0.1, 0.15) is 5.82 Å². The molecule has 1 aliphatic rings. The number of piperazine rings is 1. The number of halogens is 2. The van der Waals surface area contributed by atoms with Crippen molar-refractivity contribution >= 4 is 52.7 Å². The number of carbonyl (C=O) groups excluding carboxylic acids is 3. The number of benzene rings is 2. The summed E-state index contributed by atoms with van der Waals surface area (Å²) in [6.45, 7) is 0.924. The molecule has 6 nitrogen and oxygen atoms in total. The summed E-state index contributed by atoms with van der Waals surface area (Å²) in [7, 11) is 0. The van der Waals surface area contributed by atoms with Crippen LogP contribution < -0.4 is 0 Å². The molecule has 9 heteroatoms. The summed E-state index contributed by atoms with van der Waals surface area (Å²) >= 11 is 10.3. The molecule has 0 bridgehead atoms. The number of carbonyl (C=O) groups is 3. The smallest absolute Gasteiger partial charge is 0.295 e. The van der Waals surface area contributed by atoms with E-state index in [0.717, 1.165) is 0 Å². The van der Waals surface area contributed by atoms with Crippen LogP contribution >= 0.6 is 24.2 Å². The number of ketones is 1. The van der Waals surface area contributed by atoms with Crippen LogP contribution in [0.2, 0.25) is 5.02 Å². The van der Waals surface area contributed by atoms with Crippen LogP contribution in [0, 0.1) is 5.82 Å². The van der Waals surface area contributed by atoms with Gasteiger partial charge < -0.3 is 14.8 Å². The van der Waals surface area contributed by atoms with Crippen molar-refractivity contribution in [3.63, 3.8) is 0 Å².